The van der Waals surface area contributed by atoms with Gasteiger partial charge in [-0.05, 0) is 109 Å². The number of hydrogen-bond donors (Lipinski definition) is 0. The summed E-state index contributed by atoms with van der Waals surface area (Å²) in [7, 11) is 0. The van der Waals surface area contributed by atoms with E-state index in [4.69, 9.17) is 14.2 Å². The largest absolute Gasteiger partial charge is 0.462 e. The van der Waals surface area contributed by atoms with Crippen LogP contribution in [0.3, 0.4) is 0 Å². The fraction of sp³-hybridized carbons (Fsp3) is 0.712. The quantitative estimate of drug-likeness (QED) is 0.0261. The summed E-state index contributed by atoms with van der Waals surface area (Å²) in [6, 6.07) is 0. The fourth-order valence-corrected chi connectivity index (χ4v) is 8.28. The molecule has 0 heterocycles. The first kappa shape index (κ1) is 68.3. The van der Waals surface area contributed by atoms with E-state index in [2.05, 4.69) is 112 Å². The molecule has 0 N–H and O–H groups in total. The molecule has 0 aromatic rings. The van der Waals surface area contributed by atoms with Gasteiger partial charge in [-0.3, -0.25) is 14.4 Å². The molecule has 6 nitrogen and oxygen atoms in total. The minimum absolute atomic E-state index is 0.107. The highest BCUT2D eigenvalue weighted by atomic mass is 16.6. The van der Waals surface area contributed by atoms with Crippen LogP contribution < -0.4 is 0 Å². The molecule has 0 spiro atoms. The molecule has 0 saturated heterocycles. The van der Waals surface area contributed by atoms with Crippen LogP contribution in [0.15, 0.2) is 97.2 Å². The van der Waals surface area contributed by atoms with Crippen LogP contribution in [0.1, 0.15) is 284 Å². The van der Waals surface area contributed by atoms with Crippen LogP contribution >= 0.6 is 0 Å². The fourth-order valence-electron chi connectivity index (χ4n) is 8.28. The van der Waals surface area contributed by atoms with Crippen LogP contribution in [0.4, 0.5) is 0 Å². The van der Waals surface area contributed by atoms with Crippen molar-refractivity contribution in [2.45, 2.75) is 290 Å². The lowest BCUT2D eigenvalue weighted by atomic mass is 10.1. The molecule has 0 bridgehead atoms. The van der Waals surface area contributed by atoms with E-state index in [9.17, 15) is 14.4 Å². The zero-order valence-electron chi connectivity index (χ0n) is 47.2. The maximum absolute atomic E-state index is 12.9. The summed E-state index contributed by atoms with van der Waals surface area (Å²) in [6.07, 6.45) is 79.8. The van der Waals surface area contributed by atoms with E-state index in [1.54, 1.807) is 0 Å². The van der Waals surface area contributed by atoms with Crippen molar-refractivity contribution in [3.8, 4) is 0 Å². The molecule has 0 aliphatic rings. The number of unbranched alkanes of at least 4 members (excludes halogenated alkanes) is 27. The number of hydrogen-bond acceptors (Lipinski definition) is 6. The maximum Gasteiger partial charge on any atom is 0.306 e. The molecule has 0 aliphatic carbocycles. The van der Waals surface area contributed by atoms with Crippen molar-refractivity contribution < 1.29 is 28.6 Å². The Bertz CT molecular complexity index is 1430. The predicted octanol–water partition coefficient (Wildman–Crippen LogP) is 20.5. The smallest absolute Gasteiger partial charge is 0.306 e. The maximum atomic E-state index is 12.9. The van der Waals surface area contributed by atoms with Crippen LogP contribution in [0.25, 0.3) is 0 Å². The Morgan fingerprint density at radius 1 is 0.292 bits per heavy atom. The average Bonchev–Trinajstić information content (AvgIpc) is 3.38. The summed E-state index contributed by atoms with van der Waals surface area (Å²) < 4.78 is 16.8. The second-order valence-corrected chi connectivity index (χ2v) is 19.9. The third-order valence-electron chi connectivity index (χ3n) is 12.8. The van der Waals surface area contributed by atoms with Gasteiger partial charge in [0.25, 0.3) is 0 Å². The number of carbonyl (C=O) groups excluding carboxylic acids is 3. The normalized spacial score (nSPS) is 12.8. The molecule has 0 aliphatic heterocycles. The molecule has 0 radical (unpaired) electrons. The van der Waals surface area contributed by atoms with Gasteiger partial charge in [-0.15, -0.1) is 0 Å². The molecule has 1 atom stereocenters. The van der Waals surface area contributed by atoms with E-state index in [-0.39, 0.29) is 37.5 Å². The minimum Gasteiger partial charge on any atom is -0.462 e. The van der Waals surface area contributed by atoms with Gasteiger partial charge >= 0.3 is 17.9 Å². The summed E-state index contributed by atoms with van der Waals surface area (Å²) in [4.78, 5) is 38.2. The molecular weight excluding hydrogens is 889 g/mol. The van der Waals surface area contributed by atoms with Gasteiger partial charge in [-0.1, -0.05) is 253 Å². The number of allylic oxidation sites excluding steroid dienone is 16. The van der Waals surface area contributed by atoms with Gasteiger partial charge < -0.3 is 14.2 Å². The molecule has 0 saturated carbocycles. The lowest BCUT2D eigenvalue weighted by Gasteiger charge is -2.18. The van der Waals surface area contributed by atoms with Gasteiger partial charge in [-0.2, -0.15) is 0 Å². The molecule has 0 aromatic heterocycles. The van der Waals surface area contributed by atoms with Gasteiger partial charge in [0.15, 0.2) is 6.10 Å². The predicted molar refractivity (Wildman–Crippen MR) is 311 cm³/mol. The third kappa shape index (κ3) is 57.2. The van der Waals surface area contributed by atoms with Gasteiger partial charge in [-0.25, -0.2) is 0 Å². The second-order valence-electron chi connectivity index (χ2n) is 19.9. The average molecular weight is 1000 g/mol. The van der Waals surface area contributed by atoms with Gasteiger partial charge in [0, 0.05) is 19.3 Å². The van der Waals surface area contributed by atoms with E-state index in [0.717, 1.165) is 89.9 Å². The number of rotatable bonds is 54. The molecule has 0 fully saturated rings. The highest BCUT2D eigenvalue weighted by Gasteiger charge is 2.19. The van der Waals surface area contributed by atoms with Crippen molar-refractivity contribution in [1.29, 1.82) is 0 Å². The molecule has 0 rings (SSSR count). The highest BCUT2D eigenvalue weighted by molar-refractivity contribution is 5.71. The second kappa shape index (κ2) is 59.9. The summed E-state index contributed by atoms with van der Waals surface area (Å²) in [5, 5.41) is 0. The Balaban J connectivity index is 4.50. The SMILES string of the molecule is CC/C=C\C/C=C\C/C=C\C/C=C\C/C=C\C/C=C\CCC(=O)OCC(COC(=O)CCCCCCC/C=C\CCCCCCCCC)OC(=O)CCCCCCCCC/C=C\CCCCCCCCCC. The van der Waals surface area contributed by atoms with Gasteiger partial charge in [0.2, 0.25) is 0 Å². The van der Waals surface area contributed by atoms with Crippen molar-refractivity contribution in [2.75, 3.05) is 13.2 Å². The molecular formula is C66H112O6. The molecule has 412 valence electrons. The van der Waals surface area contributed by atoms with Crippen molar-refractivity contribution >= 4 is 17.9 Å². The number of carbonyl (C=O) groups is 3. The topological polar surface area (TPSA) is 78.9 Å². The Kier molecular flexibility index (Phi) is 56.8. The summed E-state index contributed by atoms with van der Waals surface area (Å²) in [5.74, 6) is -1.000. The molecule has 1 unspecified atom stereocenters. The van der Waals surface area contributed by atoms with Gasteiger partial charge in [0.1, 0.15) is 13.2 Å². The van der Waals surface area contributed by atoms with Crippen LogP contribution in [0.5, 0.6) is 0 Å². The van der Waals surface area contributed by atoms with E-state index in [1.807, 2.05) is 6.08 Å². The van der Waals surface area contributed by atoms with Crippen LogP contribution in [0.2, 0.25) is 0 Å². The van der Waals surface area contributed by atoms with E-state index < -0.39 is 6.10 Å². The zero-order valence-corrected chi connectivity index (χ0v) is 47.2. The highest BCUT2D eigenvalue weighted by Crippen LogP contribution is 2.15. The van der Waals surface area contributed by atoms with Crippen molar-refractivity contribution in [1.82, 2.24) is 0 Å². The van der Waals surface area contributed by atoms with E-state index in [0.29, 0.717) is 19.3 Å². The number of esters is 3. The Morgan fingerprint density at radius 2 is 0.569 bits per heavy atom. The monoisotopic (exact) mass is 1000 g/mol. The summed E-state index contributed by atoms with van der Waals surface area (Å²) in [5.41, 5.74) is 0. The zero-order chi connectivity index (χ0) is 52.2. The van der Waals surface area contributed by atoms with Gasteiger partial charge in [0.05, 0.1) is 0 Å². The summed E-state index contributed by atoms with van der Waals surface area (Å²) in [6.45, 7) is 6.47. The van der Waals surface area contributed by atoms with E-state index >= 15 is 0 Å². The van der Waals surface area contributed by atoms with Crippen molar-refractivity contribution in [3.63, 3.8) is 0 Å². The summed E-state index contributed by atoms with van der Waals surface area (Å²) >= 11 is 0. The Labute approximate surface area is 445 Å². The first-order valence-corrected chi connectivity index (χ1v) is 30.2. The Hall–Kier alpha value is -3.67. The first-order valence-electron chi connectivity index (χ1n) is 30.2. The lowest BCUT2D eigenvalue weighted by Crippen LogP contribution is -2.30. The molecule has 0 amide bonds. The van der Waals surface area contributed by atoms with Crippen LogP contribution in [-0.2, 0) is 28.6 Å². The van der Waals surface area contributed by atoms with E-state index in [1.165, 1.54) is 148 Å². The molecule has 0 aromatic carbocycles. The molecule has 6 heteroatoms. The van der Waals surface area contributed by atoms with Crippen molar-refractivity contribution in [3.05, 3.63) is 97.2 Å². The third-order valence-corrected chi connectivity index (χ3v) is 12.8. The standard InChI is InChI=1S/C66H112O6/c1-4-7-10-13-16-19-22-25-28-31-33-35-38-41-44-47-50-53-56-59-65(68)71-62-63(61-70-64(67)58-55-52-49-46-43-40-37-30-27-24-21-18-15-12-9-6-3)72-66(69)60-57-54-51-48-45-42-39-36-34-32-29-26-23-20-17-14-11-8-5-2/h7,10,16,19,25,28,30,32-35,37,41,44,50,53,63H,4-6,8-9,11-15,17-18,20-24,26-27,29,31,36,38-40,42-43,45-49,51-52,54-62H2,1-3H3/b10-7-,19-16-,28-25-,34-32-,35-33-,37-30-,44-41-,53-50-. The molecule has 72 heavy (non-hydrogen) atoms. The lowest BCUT2D eigenvalue weighted by molar-refractivity contribution is -0.166. The van der Waals surface area contributed by atoms with Crippen LogP contribution in [-0.4, -0.2) is 37.2 Å². The minimum atomic E-state index is -0.815. The Morgan fingerprint density at radius 3 is 0.931 bits per heavy atom. The first-order chi connectivity index (χ1) is 35.5. The van der Waals surface area contributed by atoms with Crippen molar-refractivity contribution in [2.24, 2.45) is 0 Å². The van der Waals surface area contributed by atoms with Crippen LogP contribution in [0, 0.1) is 0 Å². The number of ether oxygens (including phenoxy) is 3.